The number of aliphatic hydroxyl groups excluding tert-OH is 1. The molecule has 5 nitrogen and oxygen atoms in total. The highest BCUT2D eigenvalue weighted by molar-refractivity contribution is 7.15. The molecular weight excluding hydrogens is 286 g/mol. The first-order valence-electron chi connectivity index (χ1n) is 6.73. The Labute approximate surface area is 128 Å². The second kappa shape index (κ2) is 7.19. The number of hydrogen-bond donors (Lipinski definition) is 2. The van der Waals surface area contributed by atoms with E-state index < -0.39 is 0 Å². The van der Waals surface area contributed by atoms with Crippen molar-refractivity contribution in [1.82, 2.24) is 15.2 Å². The summed E-state index contributed by atoms with van der Waals surface area (Å²) in [6, 6.07) is 9.79. The molecule has 0 bridgehead atoms. The molecule has 112 valence electrons. The number of likely N-dealkylation sites (N-methyl/N-ethyl adjacent to an activating group) is 1. The lowest BCUT2D eigenvalue weighted by molar-refractivity contribution is 0.190. The van der Waals surface area contributed by atoms with Crippen LogP contribution in [0.25, 0.3) is 10.6 Å². The lowest BCUT2D eigenvalue weighted by Crippen LogP contribution is -2.38. The zero-order valence-electron chi connectivity index (χ0n) is 12.2. The predicted octanol–water partition coefficient (Wildman–Crippen LogP) is 2.25. The zero-order chi connectivity index (χ0) is 15.2. The van der Waals surface area contributed by atoms with E-state index >= 15 is 0 Å². The number of aryl methyl sites for hydroxylation is 1. The number of carbonyl (C=O) groups excluding carboxylic acids is 1. The van der Waals surface area contributed by atoms with Crippen LogP contribution in [0.2, 0.25) is 0 Å². The number of urea groups is 1. The van der Waals surface area contributed by atoms with Gasteiger partial charge in [-0.25, -0.2) is 9.78 Å². The van der Waals surface area contributed by atoms with E-state index in [-0.39, 0.29) is 12.6 Å². The highest BCUT2D eigenvalue weighted by Gasteiger charge is 2.12. The Morgan fingerprint density at radius 2 is 2.10 bits per heavy atom. The first-order valence-corrected chi connectivity index (χ1v) is 7.55. The number of hydrogen-bond acceptors (Lipinski definition) is 4. The molecule has 2 rings (SSSR count). The molecule has 0 saturated heterocycles. The number of thiazole rings is 1. The normalized spacial score (nSPS) is 10.4. The average molecular weight is 305 g/mol. The van der Waals surface area contributed by atoms with Gasteiger partial charge in [-0.2, -0.15) is 0 Å². The van der Waals surface area contributed by atoms with Crippen molar-refractivity contribution in [1.29, 1.82) is 0 Å². The van der Waals surface area contributed by atoms with Crippen molar-refractivity contribution in [2.75, 3.05) is 20.2 Å². The minimum atomic E-state index is -0.196. The van der Waals surface area contributed by atoms with Gasteiger partial charge in [0.2, 0.25) is 0 Å². The van der Waals surface area contributed by atoms with E-state index in [1.54, 1.807) is 18.4 Å². The fourth-order valence-corrected chi connectivity index (χ4v) is 2.85. The number of aliphatic hydroxyl groups is 1. The van der Waals surface area contributed by atoms with Gasteiger partial charge in [-0.3, -0.25) is 0 Å². The molecule has 1 aromatic carbocycles. The van der Waals surface area contributed by atoms with Crippen LogP contribution in [-0.2, 0) is 6.54 Å². The Morgan fingerprint density at radius 1 is 1.38 bits per heavy atom. The molecule has 0 aliphatic heterocycles. The van der Waals surface area contributed by atoms with E-state index in [4.69, 9.17) is 5.11 Å². The van der Waals surface area contributed by atoms with Crippen LogP contribution in [0.4, 0.5) is 4.79 Å². The molecule has 2 N–H and O–H groups in total. The van der Waals surface area contributed by atoms with E-state index in [0.29, 0.717) is 13.1 Å². The molecule has 0 aliphatic rings. The summed E-state index contributed by atoms with van der Waals surface area (Å²) in [5, 5.41) is 12.6. The number of nitrogens with one attached hydrogen (secondary N) is 1. The lowest BCUT2D eigenvalue weighted by Gasteiger charge is -2.16. The van der Waals surface area contributed by atoms with Crippen molar-refractivity contribution >= 4 is 17.4 Å². The maximum atomic E-state index is 11.8. The molecule has 0 aliphatic carbocycles. The molecule has 21 heavy (non-hydrogen) atoms. The van der Waals surface area contributed by atoms with Crippen LogP contribution < -0.4 is 5.32 Å². The van der Waals surface area contributed by atoms with E-state index in [1.165, 1.54) is 4.90 Å². The minimum Gasteiger partial charge on any atom is -0.395 e. The van der Waals surface area contributed by atoms with Crippen LogP contribution in [0, 0.1) is 6.92 Å². The third-order valence-corrected chi connectivity index (χ3v) is 4.30. The Balaban J connectivity index is 2.02. The summed E-state index contributed by atoms with van der Waals surface area (Å²) in [5.74, 6) is 0. The Bertz CT molecular complexity index is 598. The maximum Gasteiger partial charge on any atom is 0.317 e. The summed E-state index contributed by atoms with van der Waals surface area (Å²) in [4.78, 5) is 18.8. The quantitative estimate of drug-likeness (QED) is 0.890. The zero-order valence-corrected chi connectivity index (χ0v) is 13.0. The number of nitrogens with zero attached hydrogens (tertiary/aromatic N) is 2. The molecule has 0 radical (unpaired) electrons. The van der Waals surface area contributed by atoms with Gasteiger partial charge in [-0.1, -0.05) is 30.3 Å². The molecule has 0 fully saturated rings. The maximum absolute atomic E-state index is 11.8. The summed E-state index contributed by atoms with van der Waals surface area (Å²) in [7, 11) is 1.65. The van der Waals surface area contributed by atoms with Crippen molar-refractivity contribution in [3.63, 3.8) is 0 Å². The third kappa shape index (κ3) is 4.03. The van der Waals surface area contributed by atoms with Crippen molar-refractivity contribution in [2.45, 2.75) is 13.5 Å². The summed E-state index contributed by atoms with van der Waals surface area (Å²) in [5.41, 5.74) is 2.02. The van der Waals surface area contributed by atoms with Crippen LogP contribution >= 0.6 is 11.3 Å². The van der Waals surface area contributed by atoms with E-state index in [0.717, 1.165) is 21.1 Å². The van der Waals surface area contributed by atoms with Crippen molar-refractivity contribution < 1.29 is 9.90 Å². The second-order valence-corrected chi connectivity index (χ2v) is 5.78. The Morgan fingerprint density at radius 3 is 2.76 bits per heavy atom. The standard InChI is InChI=1S/C15H19N3O2S/c1-11-13(10-16-15(20)18(2)8-9-19)21-14(17-11)12-6-4-3-5-7-12/h3-7,19H,8-10H2,1-2H3,(H,16,20). The largest absolute Gasteiger partial charge is 0.395 e. The summed E-state index contributed by atoms with van der Waals surface area (Å²) < 4.78 is 0. The van der Waals surface area contributed by atoms with Gasteiger partial charge < -0.3 is 15.3 Å². The van der Waals surface area contributed by atoms with Gasteiger partial charge >= 0.3 is 6.03 Å². The molecule has 0 saturated carbocycles. The fraction of sp³-hybridized carbons (Fsp3) is 0.333. The molecular formula is C15H19N3O2S. The topological polar surface area (TPSA) is 65.5 Å². The van der Waals surface area contributed by atoms with Crippen LogP contribution in [0.15, 0.2) is 30.3 Å². The number of rotatable bonds is 5. The molecule has 2 amide bonds. The molecule has 0 unspecified atom stereocenters. The lowest BCUT2D eigenvalue weighted by atomic mass is 10.2. The van der Waals surface area contributed by atoms with Crippen LogP contribution in [0.5, 0.6) is 0 Å². The van der Waals surface area contributed by atoms with Gasteiger partial charge in [0, 0.05) is 24.0 Å². The van der Waals surface area contributed by atoms with E-state index in [9.17, 15) is 4.79 Å². The van der Waals surface area contributed by atoms with Gasteiger partial charge in [0.1, 0.15) is 5.01 Å². The SMILES string of the molecule is Cc1nc(-c2ccccc2)sc1CNC(=O)N(C)CCO. The molecule has 1 heterocycles. The van der Waals surface area contributed by atoms with Crippen molar-refractivity contribution in [3.8, 4) is 10.6 Å². The Kier molecular flexibility index (Phi) is 5.30. The highest BCUT2D eigenvalue weighted by atomic mass is 32.1. The molecule has 6 heteroatoms. The van der Waals surface area contributed by atoms with Crippen LogP contribution in [0.1, 0.15) is 10.6 Å². The molecule has 2 aromatic rings. The van der Waals surface area contributed by atoms with Gasteiger partial charge in [-0.05, 0) is 6.92 Å². The van der Waals surface area contributed by atoms with Gasteiger partial charge in [0.25, 0.3) is 0 Å². The smallest absolute Gasteiger partial charge is 0.317 e. The number of benzene rings is 1. The van der Waals surface area contributed by atoms with Crippen LogP contribution in [-0.4, -0.2) is 41.2 Å². The molecule has 1 aromatic heterocycles. The van der Waals surface area contributed by atoms with Gasteiger partial charge in [-0.15, -0.1) is 11.3 Å². The van der Waals surface area contributed by atoms with Crippen LogP contribution in [0.3, 0.4) is 0 Å². The Hall–Kier alpha value is -1.92. The third-order valence-electron chi connectivity index (χ3n) is 3.10. The van der Waals surface area contributed by atoms with Crippen molar-refractivity contribution in [2.24, 2.45) is 0 Å². The number of aromatic nitrogens is 1. The number of carbonyl (C=O) groups is 1. The summed E-state index contributed by atoms with van der Waals surface area (Å²) >= 11 is 1.59. The molecule has 0 atom stereocenters. The monoisotopic (exact) mass is 305 g/mol. The van der Waals surface area contributed by atoms with E-state index in [1.807, 2.05) is 37.3 Å². The average Bonchev–Trinajstić information content (AvgIpc) is 2.87. The minimum absolute atomic E-state index is 0.0400. The summed E-state index contributed by atoms with van der Waals surface area (Å²) in [6.45, 7) is 2.68. The fourth-order valence-electron chi connectivity index (χ4n) is 1.84. The van der Waals surface area contributed by atoms with Gasteiger partial charge in [0.05, 0.1) is 18.8 Å². The second-order valence-electron chi connectivity index (χ2n) is 4.70. The molecule has 0 spiro atoms. The van der Waals surface area contributed by atoms with Crippen molar-refractivity contribution in [3.05, 3.63) is 40.9 Å². The van der Waals surface area contributed by atoms with E-state index in [2.05, 4.69) is 10.3 Å². The first-order chi connectivity index (χ1) is 10.1. The van der Waals surface area contributed by atoms with Gasteiger partial charge in [0.15, 0.2) is 0 Å². The first kappa shape index (κ1) is 15.5. The summed E-state index contributed by atoms with van der Waals surface area (Å²) in [6.07, 6.45) is 0. The highest BCUT2D eigenvalue weighted by Crippen LogP contribution is 2.27. The number of amides is 2. The predicted molar refractivity (Wildman–Crippen MR) is 84.2 cm³/mol.